The van der Waals surface area contributed by atoms with Gasteiger partial charge in [0.2, 0.25) is 0 Å². The third-order valence-electron chi connectivity index (χ3n) is 2.55. The molecular formula is C13H20N2. The van der Waals surface area contributed by atoms with Crippen LogP contribution in [0.15, 0.2) is 24.3 Å². The van der Waals surface area contributed by atoms with Crippen molar-refractivity contribution in [3.05, 3.63) is 29.8 Å². The average Bonchev–Trinajstić information content (AvgIpc) is 2.97. The maximum absolute atomic E-state index is 3.53. The summed E-state index contributed by atoms with van der Waals surface area (Å²) in [5, 5.41) is 6.95. The standard InChI is InChI=1S/C13H20N2/c1-10(2)15-13-5-3-4-11(8-13)9-14-12-6-7-12/h3-5,8,10,12,14-15H,6-7,9H2,1-2H3. The van der Waals surface area contributed by atoms with Gasteiger partial charge in [0.05, 0.1) is 0 Å². The molecule has 2 rings (SSSR count). The van der Waals surface area contributed by atoms with Crippen molar-refractivity contribution in [3.63, 3.8) is 0 Å². The summed E-state index contributed by atoms with van der Waals surface area (Å²) >= 11 is 0. The molecule has 1 aliphatic carbocycles. The smallest absolute Gasteiger partial charge is 0.0345 e. The Bertz CT molecular complexity index is 316. The van der Waals surface area contributed by atoms with Crippen molar-refractivity contribution in [2.24, 2.45) is 0 Å². The van der Waals surface area contributed by atoms with Gasteiger partial charge in [0.25, 0.3) is 0 Å². The Labute approximate surface area is 92.1 Å². The van der Waals surface area contributed by atoms with E-state index in [0.29, 0.717) is 6.04 Å². The number of hydrogen-bond acceptors (Lipinski definition) is 2. The van der Waals surface area contributed by atoms with Crippen molar-refractivity contribution in [2.75, 3.05) is 5.32 Å². The van der Waals surface area contributed by atoms with E-state index in [2.05, 4.69) is 48.7 Å². The van der Waals surface area contributed by atoms with Gasteiger partial charge in [-0.3, -0.25) is 0 Å². The van der Waals surface area contributed by atoms with Crippen molar-refractivity contribution in [1.29, 1.82) is 0 Å². The van der Waals surface area contributed by atoms with Crippen LogP contribution >= 0.6 is 0 Å². The third-order valence-corrected chi connectivity index (χ3v) is 2.55. The van der Waals surface area contributed by atoms with Gasteiger partial charge in [0, 0.05) is 24.3 Å². The van der Waals surface area contributed by atoms with E-state index in [1.807, 2.05) is 0 Å². The molecule has 2 heteroatoms. The Kier molecular flexibility index (Phi) is 3.27. The number of anilines is 1. The number of hydrogen-bond donors (Lipinski definition) is 2. The molecule has 0 aliphatic heterocycles. The molecule has 0 saturated heterocycles. The Morgan fingerprint density at radius 1 is 1.33 bits per heavy atom. The van der Waals surface area contributed by atoms with Crippen LogP contribution in [0.3, 0.4) is 0 Å². The Morgan fingerprint density at radius 2 is 2.13 bits per heavy atom. The van der Waals surface area contributed by atoms with Crippen LogP contribution in [0, 0.1) is 0 Å². The monoisotopic (exact) mass is 204 g/mol. The van der Waals surface area contributed by atoms with Crippen molar-refractivity contribution < 1.29 is 0 Å². The molecule has 1 aliphatic rings. The lowest BCUT2D eigenvalue weighted by Gasteiger charge is -2.11. The molecule has 15 heavy (non-hydrogen) atoms. The van der Waals surface area contributed by atoms with E-state index in [1.54, 1.807) is 0 Å². The van der Waals surface area contributed by atoms with Gasteiger partial charge in [0.15, 0.2) is 0 Å². The minimum Gasteiger partial charge on any atom is -0.383 e. The van der Waals surface area contributed by atoms with Crippen molar-refractivity contribution in [2.45, 2.75) is 45.3 Å². The van der Waals surface area contributed by atoms with Crippen LogP contribution in [0.25, 0.3) is 0 Å². The zero-order chi connectivity index (χ0) is 10.7. The molecule has 0 spiro atoms. The van der Waals surface area contributed by atoms with Crippen LogP contribution in [0.5, 0.6) is 0 Å². The van der Waals surface area contributed by atoms with Gasteiger partial charge in [-0.25, -0.2) is 0 Å². The molecule has 0 unspecified atom stereocenters. The lowest BCUT2D eigenvalue weighted by molar-refractivity contribution is 0.688. The molecule has 0 amide bonds. The maximum Gasteiger partial charge on any atom is 0.0345 e. The highest BCUT2D eigenvalue weighted by atomic mass is 14.9. The van der Waals surface area contributed by atoms with Gasteiger partial charge < -0.3 is 10.6 Å². The Hall–Kier alpha value is -1.02. The zero-order valence-electron chi connectivity index (χ0n) is 9.59. The quantitative estimate of drug-likeness (QED) is 0.770. The van der Waals surface area contributed by atoms with Crippen LogP contribution in [0.2, 0.25) is 0 Å². The molecule has 0 heterocycles. The maximum atomic E-state index is 3.53. The molecule has 82 valence electrons. The lowest BCUT2D eigenvalue weighted by atomic mass is 10.2. The first-order valence-electron chi connectivity index (χ1n) is 5.83. The molecule has 2 nitrogen and oxygen atoms in total. The molecule has 1 aromatic rings. The summed E-state index contributed by atoms with van der Waals surface area (Å²) < 4.78 is 0. The van der Waals surface area contributed by atoms with Gasteiger partial charge in [0.1, 0.15) is 0 Å². The van der Waals surface area contributed by atoms with Crippen molar-refractivity contribution >= 4 is 5.69 Å². The van der Waals surface area contributed by atoms with E-state index in [1.165, 1.54) is 24.1 Å². The van der Waals surface area contributed by atoms with Crippen LogP contribution in [0.1, 0.15) is 32.3 Å². The Morgan fingerprint density at radius 3 is 2.80 bits per heavy atom. The second kappa shape index (κ2) is 4.67. The summed E-state index contributed by atoms with van der Waals surface area (Å²) in [6.07, 6.45) is 2.70. The third kappa shape index (κ3) is 3.56. The van der Waals surface area contributed by atoms with Crippen LogP contribution in [-0.2, 0) is 6.54 Å². The minimum atomic E-state index is 0.497. The first kappa shape index (κ1) is 10.5. The van der Waals surface area contributed by atoms with Crippen LogP contribution < -0.4 is 10.6 Å². The number of nitrogens with one attached hydrogen (secondary N) is 2. The first-order chi connectivity index (χ1) is 7.24. The highest BCUT2D eigenvalue weighted by Crippen LogP contribution is 2.20. The fourth-order valence-corrected chi connectivity index (χ4v) is 1.65. The summed E-state index contributed by atoms with van der Waals surface area (Å²) in [6, 6.07) is 9.94. The number of rotatable bonds is 5. The number of benzene rings is 1. The zero-order valence-corrected chi connectivity index (χ0v) is 9.59. The Balaban J connectivity index is 1.91. The predicted octanol–water partition coefficient (Wildman–Crippen LogP) is 2.76. The highest BCUT2D eigenvalue weighted by Gasteiger charge is 2.19. The molecule has 1 aromatic carbocycles. The summed E-state index contributed by atoms with van der Waals surface area (Å²) in [6.45, 7) is 5.32. The first-order valence-corrected chi connectivity index (χ1v) is 5.83. The highest BCUT2D eigenvalue weighted by molar-refractivity contribution is 5.46. The molecule has 0 bridgehead atoms. The molecule has 2 N–H and O–H groups in total. The summed E-state index contributed by atoms with van der Waals surface area (Å²) in [5.74, 6) is 0. The average molecular weight is 204 g/mol. The van der Waals surface area contributed by atoms with Gasteiger partial charge in [-0.1, -0.05) is 12.1 Å². The van der Waals surface area contributed by atoms with Gasteiger partial charge in [-0.15, -0.1) is 0 Å². The van der Waals surface area contributed by atoms with Crippen LogP contribution in [0.4, 0.5) is 5.69 Å². The minimum absolute atomic E-state index is 0.497. The fourth-order valence-electron chi connectivity index (χ4n) is 1.65. The van der Waals surface area contributed by atoms with E-state index in [0.717, 1.165) is 12.6 Å². The van der Waals surface area contributed by atoms with Gasteiger partial charge in [-0.2, -0.15) is 0 Å². The second-order valence-electron chi connectivity index (χ2n) is 4.65. The SMILES string of the molecule is CC(C)Nc1cccc(CNC2CC2)c1. The molecule has 0 aromatic heterocycles. The van der Waals surface area contributed by atoms with Crippen molar-refractivity contribution in [3.8, 4) is 0 Å². The predicted molar refractivity (Wildman–Crippen MR) is 65.1 cm³/mol. The van der Waals surface area contributed by atoms with E-state index < -0.39 is 0 Å². The largest absolute Gasteiger partial charge is 0.383 e. The molecule has 1 saturated carbocycles. The molecule has 0 radical (unpaired) electrons. The van der Waals surface area contributed by atoms with E-state index in [4.69, 9.17) is 0 Å². The fraction of sp³-hybridized carbons (Fsp3) is 0.538. The van der Waals surface area contributed by atoms with Crippen LogP contribution in [-0.4, -0.2) is 12.1 Å². The van der Waals surface area contributed by atoms with Gasteiger partial charge in [-0.05, 0) is 44.4 Å². The van der Waals surface area contributed by atoms with E-state index in [9.17, 15) is 0 Å². The van der Waals surface area contributed by atoms with Crippen molar-refractivity contribution in [1.82, 2.24) is 5.32 Å². The van der Waals surface area contributed by atoms with E-state index >= 15 is 0 Å². The van der Waals surface area contributed by atoms with Gasteiger partial charge >= 0.3 is 0 Å². The lowest BCUT2D eigenvalue weighted by Crippen LogP contribution is -2.15. The molecular weight excluding hydrogens is 184 g/mol. The summed E-state index contributed by atoms with van der Waals surface area (Å²) in [7, 11) is 0. The van der Waals surface area contributed by atoms with E-state index in [-0.39, 0.29) is 0 Å². The summed E-state index contributed by atoms with van der Waals surface area (Å²) in [5.41, 5.74) is 2.59. The second-order valence-corrected chi connectivity index (χ2v) is 4.65. The summed E-state index contributed by atoms with van der Waals surface area (Å²) in [4.78, 5) is 0. The molecule has 0 atom stereocenters. The topological polar surface area (TPSA) is 24.1 Å². The normalized spacial score (nSPS) is 15.7. The molecule has 1 fully saturated rings.